The quantitative estimate of drug-likeness (QED) is 0.693. The van der Waals surface area contributed by atoms with Crippen molar-refractivity contribution in [3.05, 3.63) is 52.4 Å². The number of hydrogen-bond donors (Lipinski definition) is 1. The molecule has 1 N–H and O–H groups in total. The van der Waals surface area contributed by atoms with Crippen LogP contribution in [0.4, 0.5) is 0 Å². The molecule has 0 aliphatic rings. The maximum atomic E-state index is 13.1. The Morgan fingerprint density at radius 3 is 2.43 bits per heavy atom. The fourth-order valence-electron chi connectivity index (χ4n) is 2.94. The third-order valence-electron chi connectivity index (χ3n) is 4.37. The number of aryl methyl sites for hydroxylation is 1. The van der Waals surface area contributed by atoms with Crippen molar-refractivity contribution >= 4 is 16.9 Å². The normalized spacial score (nSPS) is 11.9. The molecule has 7 nitrogen and oxygen atoms in total. The van der Waals surface area contributed by atoms with E-state index in [4.69, 9.17) is 23.7 Å². The fraction of sp³-hybridized carbons (Fsp3) is 0.238. The van der Waals surface area contributed by atoms with E-state index in [1.54, 1.807) is 37.3 Å². The van der Waals surface area contributed by atoms with Crippen LogP contribution >= 0.6 is 0 Å². The summed E-state index contributed by atoms with van der Waals surface area (Å²) in [5, 5.41) is 9.34. The lowest BCUT2D eigenvalue weighted by Crippen LogP contribution is -2.22. The van der Waals surface area contributed by atoms with E-state index >= 15 is 0 Å². The number of aliphatic carboxylic acids is 1. The van der Waals surface area contributed by atoms with Crippen LogP contribution in [0, 0.1) is 6.92 Å². The van der Waals surface area contributed by atoms with E-state index in [0.29, 0.717) is 45.1 Å². The smallest absolute Gasteiger partial charge is 0.344 e. The van der Waals surface area contributed by atoms with Gasteiger partial charge in [0.05, 0.1) is 25.2 Å². The number of rotatable bonds is 6. The predicted octanol–water partition coefficient (Wildman–Crippen LogP) is 3.64. The summed E-state index contributed by atoms with van der Waals surface area (Å²) in [6.07, 6.45) is -1.02. The first-order valence-corrected chi connectivity index (χ1v) is 8.55. The Labute approximate surface area is 161 Å². The molecule has 1 atom stereocenters. The predicted molar refractivity (Wildman–Crippen MR) is 103 cm³/mol. The Morgan fingerprint density at radius 1 is 1.07 bits per heavy atom. The van der Waals surface area contributed by atoms with Gasteiger partial charge >= 0.3 is 5.97 Å². The second-order valence-electron chi connectivity index (χ2n) is 6.19. The van der Waals surface area contributed by atoms with Crippen LogP contribution in [0.15, 0.2) is 45.6 Å². The second-order valence-corrected chi connectivity index (χ2v) is 6.19. The lowest BCUT2D eigenvalue weighted by molar-refractivity contribution is -0.144. The molecule has 0 bridgehead atoms. The highest BCUT2D eigenvalue weighted by Gasteiger charge is 2.17. The minimum Gasteiger partial charge on any atom is -0.493 e. The summed E-state index contributed by atoms with van der Waals surface area (Å²) in [7, 11) is 3.06. The molecule has 0 saturated carbocycles. The van der Waals surface area contributed by atoms with Crippen LogP contribution in [0.25, 0.3) is 22.1 Å². The summed E-state index contributed by atoms with van der Waals surface area (Å²) < 4.78 is 21.7. The van der Waals surface area contributed by atoms with Crippen LogP contribution in [-0.2, 0) is 4.79 Å². The van der Waals surface area contributed by atoms with Crippen LogP contribution in [0.2, 0.25) is 0 Å². The van der Waals surface area contributed by atoms with Crippen molar-refractivity contribution in [2.45, 2.75) is 20.0 Å². The summed E-state index contributed by atoms with van der Waals surface area (Å²) in [4.78, 5) is 24.0. The summed E-state index contributed by atoms with van der Waals surface area (Å²) in [6.45, 7) is 3.12. The molecule has 0 fully saturated rings. The standard InChI is InChI=1S/C21H20O7/c1-11-19(13-5-8-16(25-3)18(9-13)26-4)20(22)15-7-6-14(10-17(15)28-11)27-12(2)21(23)24/h5-10,12H,1-4H3,(H,23,24). The van der Waals surface area contributed by atoms with Gasteiger partial charge in [0, 0.05) is 6.07 Å². The molecule has 3 rings (SSSR count). The highest BCUT2D eigenvalue weighted by molar-refractivity contribution is 5.84. The summed E-state index contributed by atoms with van der Waals surface area (Å²) in [5.41, 5.74) is 1.18. The molecule has 2 aromatic carbocycles. The molecule has 0 amide bonds. The zero-order chi connectivity index (χ0) is 20.4. The Kier molecular flexibility index (Phi) is 5.26. The Morgan fingerprint density at radius 2 is 1.79 bits per heavy atom. The number of benzene rings is 2. The Balaban J connectivity index is 2.11. The molecule has 3 aromatic rings. The monoisotopic (exact) mass is 384 g/mol. The Bertz CT molecular complexity index is 1100. The highest BCUT2D eigenvalue weighted by atomic mass is 16.5. The first kappa shape index (κ1) is 19.3. The van der Waals surface area contributed by atoms with Crippen LogP contribution in [-0.4, -0.2) is 31.4 Å². The number of carboxylic acid groups (broad SMARTS) is 1. The topological polar surface area (TPSA) is 95.2 Å². The number of ether oxygens (including phenoxy) is 3. The van der Waals surface area contributed by atoms with Gasteiger partial charge in [-0.15, -0.1) is 0 Å². The van der Waals surface area contributed by atoms with E-state index in [0.717, 1.165) is 0 Å². The van der Waals surface area contributed by atoms with Crippen molar-refractivity contribution in [1.82, 2.24) is 0 Å². The molecule has 0 aliphatic carbocycles. The zero-order valence-corrected chi connectivity index (χ0v) is 15.9. The average Bonchev–Trinajstić information content (AvgIpc) is 2.67. The van der Waals surface area contributed by atoms with Gasteiger partial charge < -0.3 is 23.7 Å². The summed E-state index contributed by atoms with van der Waals surface area (Å²) in [6, 6.07) is 9.83. The van der Waals surface area contributed by atoms with Gasteiger partial charge in [-0.05, 0) is 43.7 Å². The number of methoxy groups -OCH3 is 2. The molecule has 0 spiro atoms. The third-order valence-corrected chi connectivity index (χ3v) is 4.37. The van der Waals surface area contributed by atoms with Crippen molar-refractivity contribution in [3.63, 3.8) is 0 Å². The van der Waals surface area contributed by atoms with Gasteiger partial charge in [0.2, 0.25) is 5.43 Å². The molecule has 1 aromatic heterocycles. The average molecular weight is 384 g/mol. The van der Waals surface area contributed by atoms with Gasteiger partial charge in [-0.3, -0.25) is 4.79 Å². The van der Waals surface area contributed by atoms with E-state index in [2.05, 4.69) is 0 Å². The second kappa shape index (κ2) is 7.64. The van der Waals surface area contributed by atoms with Gasteiger partial charge in [-0.25, -0.2) is 4.79 Å². The molecule has 0 saturated heterocycles. The number of hydrogen-bond acceptors (Lipinski definition) is 6. The minimum atomic E-state index is -1.08. The van der Waals surface area contributed by atoms with E-state index in [1.807, 2.05) is 0 Å². The minimum absolute atomic E-state index is 0.205. The van der Waals surface area contributed by atoms with E-state index in [1.165, 1.54) is 27.2 Å². The van der Waals surface area contributed by atoms with Gasteiger partial charge in [0.1, 0.15) is 17.1 Å². The van der Waals surface area contributed by atoms with Crippen molar-refractivity contribution in [2.75, 3.05) is 14.2 Å². The largest absolute Gasteiger partial charge is 0.493 e. The number of fused-ring (bicyclic) bond motifs is 1. The van der Waals surface area contributed by atoms with Gasteiger partial charge in [0.15, 0.2) is 17.6 Å². The first-order chi connectivity index (χ1) is 13.3. The van der Waals surface area contributed by atoms with Gasteiger partial charge in [0.25, 0.3) is 0 Å². The molecule has 0 aliphatic heterocycles. The van der Waals surface area contributed by atoms with Crippen molar-refractivity contribution in [3.8, 4) is 28.4 Å². The summed E-state index contributed by atoms with van der Waals surface area (Å²) >= 11 is 0. The molecular weight excluding hydrogens is 364 g/mol. The van der Waals surface area contributed by atoms with Crippen LogP contribution < -0.4 is 19.6 Å². The fourth-order valence-corrected chi connectivity index (χ4v) is 2.94. The van der Waals surface area contributed by atoms with Crippen molar-refractivity contribution in [1.29, 1.82) is 0 Å². The number of carboxylic acids is 1. The van der Waals surface area contributed by atoms with Crippen molar-refractivity contribution < 1.29 is 28.5 Å². The van der Waals surface area contributed by atoms with Crippen LogP contribution in [0.3, 0.4) is 0 Å². The first-order valence-electron chi connectivity index (χ1n) is 8.55. The molecule has 28 heavy (non-hydrogen) atoms. The number of carbonyl (C=O) groups is 1. The molecule has 146 valence electrons. The molecule has 1 unspecified atom stereocenters. The zero-order valence-electron chi connectivity index (χ0n) is 15.9. The van der Waals surface area contributed by atoms with Gasteiger partial charge in [-0.1, -0.05) is 6.07 Å². The maximum Gasteiger partial charge on any atom is 0.344 e. The summed E-state index contributed by atoms with van der Waals surface area (Å²) in [5.74, 6) is 0.715. The van der Waals surface area contributed by atoms with E-state index in [-0.39, 0.29) is 5.43 Å². The van der Waals surface area contributed by atoms with Crippen LogP contribution in [0.1, 0.15) is 12.7 Å². The third kappa shape index (κ3) is 3.51. The maximum absolute atomic E-state index is 13.1. The van der Waals surface area contributed by atoms with Crippen molar-refractivity contribution in [2.24, 2.45) is 0 Å². The lowest BCUT2D eigenvalue weighted by atomic mass is 10.0. The molecule has 1 heterocycles. The molecular formula is C21H20O7. The van der Waals surface area contributed by atoms with E-state index in [9.17, 15) is 9.59 Å². The lowest BCUT2D eigenvalue weighted by Gasteiger charge is -2.13. The Hall–Kier alpha value is -3.48. The highest BCUT2D eigenvalue weighted by Crippen LogP contribution is 2.33. The van der Waals surface area contributed by atoms with Gasteiger partial charge in [-0.2, -0.15) is 0 Å². The molecule has 0 radical (unpaired) electrons. The van der Waals surface area contributed by atoms with E-state index < -0.39 is 12.1 Å². The SMILES string of the molecule is COc1ccc(-c2c(C)oc3cc(OC(C)C(=O)O)ccc3c2=O)cc1OC. The molecule has 7 heteroatoms. The van der Waals surface area contributed by atoms with Crippen LogP contribution in [0.5, 0.6) is 17.2 Å².